The number of hydrogen-bond donors (Lipinski definition) is 2. The zero-order chi connectivity index (χ0) is 10.1. The monoisotopic (exact) mass is 196 g/mol. The number of hydrogen-bond acceptors (Lipinski definition) is 2. The molecule has 1 saturated carbocycles. The first kappa shape index (κ1) is 9.52. The number of aromatic amines is 1. The largest absolute Gasteiger partial charge is 0.391 e. The van der Waals surface area contributed by atoms with Crippen LogP contribution in [0, 0.1) is 6.92 Å². The summed E-state index contributed by atoms with van der Waals surface area (Å²) >= 11 is 0. The number of aliphatic hydroxyl groups excluding tert-OH is 1. The second-order valence-corrected chi connectivity index (χ2v) is 4.07. The van der Waals surface area contributed by atoms with Crippen LogP contribution >= 0.6 is 0 Å². The fraction of sp³-hybridized carbons (Fsp3) is 0.700. The van der Waals surface area contributed by atoms with Crippen molar-refractivity contribution in [1.82, 2.24) is 9.78 Å². The smallest absolute Gasteiger partial charge is 0.267 e. The van der Waals surface area contributed by atoms with Crippen LogP contribution in [0.3, 0.4) is 0 Å². The third-order valence-corrected chi connectivity index (χ3v) is 2.90. The Kier molecular flexibility index (Phi) is 2.46. The van der Waals surface area contributed by atoms with Gasteiger partial charge in [-0.15, -0.1) is 0 Å². The fourth-order valence-electron chi connectivity index (χ4n) is 2.17. The quantitative estimate of drug-likeness (QED) is 0.703. The molecule has 0 spiro atoms. The highest BCUT2D eigenvalue weighted by Crippen LogP contribution is 2.26. The maximum absolute atomic E-state index is 11.5. The van der Waals surface area contributed by atoms with E-state index in [-0.39, 0.29) is 17.7 Å². The van der Waals surface area contributed by atoms with Gasteiger partial charge in [-0.25, -0.2) is 4.68 Å². The second-order valence-electron chi connectivity index (χ2n) is 4.07. The van der Waals surface area contributed by atoms with Crippen molar-refractivity contribution in [3.05, 3.63) is 22.1 Å². The summed E-state index contributed by atoms with van der Waals surface area (Å²) in [7, 11) is 0. The molecule has 1 aliphatic carbocycles. The number of aliphatic hydroxyl groups is 1. The maximum Gasteiger partial charge on any atom is 0.267 e. The summed E-state index contributed by atoms with van der Waals surface area (Å²) in [5.41, 5.74) is 0.821. The maximum atomic E-state index is 11.5. The highest BCUT2D eigenvalue weighted by atomic mass is 16.3. The van der Waals surface area contributed by atoms with Gasteiger partial charge >= 0.3 is 0 Å². The van der Waals surface area contributed by atoms with Gasteiger partial charge in [0.05, 0.1) is 12.1 Å². The molecule has 1 heterocycles. The molecule has 4 nitrogen and oxygen atoms in total. The van der Waals surface area contributed by atoms with Gasteiger partial charge in [0, 0.05) is 11.8 Å². The average Bonchev–Trinajstić information content (AvgIpc) is 2.46. The van der Waals surface area contributed by atoms with Crippen LogP contribution in [0.2, 0.25) is 0 Å². The molecule has 0 aromatic carbocycles. The van der Waals surface area contributed by atoms with Gasteiger partial charge in [0.2, 0.25) is 0 Å². The number of H-pyrrole nitrogens is 1. The molecular weight excluding hydrogens is 180 g/mol. The SMILES string of the molecule is Cc1cc(=O)n(C2CCCCC2O)[nH]1. The van der Waals surface area contributed by atoms with Gasteiger partial charge in [-0.1, -0.05) is 12.8 Å². The molecule has 0 saturated heterocycles. The lowest BCUT2D eigenvalue weighted by Crippen LogP contribution is -2.33. The number of nitrogens with zero attached hydrogens (tertiary/aromatic N) is 1. The summed E-state index contributed by atoms with van der Waals surface area (Å²) < 4.78 is 1.57. The van der Waals surface area contributed by atoms with Crippen molar-refractivity contribution in [1.29, 1.82) is 0 Å². The van der Waals surface area contributed by atoms with Gasteiger partial charge in [0.15, 0.2) is 0 Å². The highest BCUT2D eigenvalue weighted by Gasteiger charge is 2.25. The minimum absolute atomic E-state index is 0.0338. The van der Waals surface area contributed by atoms with E-state index in [9.17, 15) is 9.90 Å². The predicted octanol–water partition coefficient (Wildman–Crippen LogP) is 0.961. The number of rotatable bonds is 1. The van der Waals surface area contributed by atoms with Gasteiger partial charge in [-0.3, -0.25) is 9.89 Å². The van der Waals surface area contributed by atoms with E-state index in [1.165, 1.54) is 0 Å². The van der Waals surface area contributed by atoms with Crippen LogP contribution in [0.15, 0.2) is 10.9 Å². The molecule has 2 rings (SSSR count). The second kappa shape index (κ2) is 3.61. The molecule has 2 N–H and O–H groups in total. The molecule has 2 unspecified atom stereocenters. The van der Waals surface area contributed by atoms with Gasteiger partial charge in [-0.05, 0) is 19.8 Å². The van der Waals surface area contributed by atoms with E-state index >= 15 is 0 Å². The summed E-state index contributed by atoms with van der Waals surface area (Å²) in [6, 6.07) is 1.52. The molecule has 14 heavy (non-hydrogen) atoms. The third kappa shape index (κ3) is 1.62. The molecule has 2 atom stereocenters. The van der Waals surface area contributed by atoms with Crippen LogP contribution in [-0.2, 0) is 0 Å². The van der Waals surface area contributed by atoms with Gasteiger partial charge < -0.3 is 5.11 Å². The molecule has 1 aromatic rings. The van der Waals surface area contributed by atoms with Gasteiger partial charge in [0.25, 0.3) is 5.56 Å². The Morgan fingerprint density at radius 3 is 2.79 bits per heavy atom. The Balaban J connectivity index is 2.29. The van der Waals surface area contributed by atoms with E-state index in [1.807, 2.05) is 6.92 Å². The molecule has 1 fully saturated rings. The normalized spacial score (nSPS) is 27.9. The standard InChI is InChI=1S/C10H16N2O2/c1-7-6-10(14)12(11-7)8-4-2-3-5-9(8)13/h6,8-9,11,13H,2-5H2,1H3. The van der Waals surface area contributed by atoms with Gasteiger partial charge in [0.1, 0.15) is 0 Å². The van der Waals surface area contributed by atoms with Crippen LogP contribution in [0.25, 0.3) is 0 Å². The first-order valence-corrected chi connectivity index (χ1v) is 5.14. The Bertz CT molecular complexity index is 366. The molecule has 0 aliphatic heterocycles. The van der Waals surface area contributed by atoms with E-state index < -0.39 is 0 Å². The minimum atomic E-state index is -0.375. The summed E-state index contributed by atoms with van der Waals surface area (Å²) in [6.45, 7) is 1.85. The van der Waals surface area contributed by atoms with E-state index in [0.29, 0.717) is 0 Å². The van der Waals surface area contributed by atoms with Crippen LogP contribution in [0.5, 0.6) is 0 Å². The first-order valence-electron chi connectivity index (χ1n) is 5.14. The number of nitrogens with one attached hydrogen (secondary N) is 1. The average molecular weight is 196 g/mol. The summed E-state index contributed by atoms with van der Waals surface area (Å²) in [5, 5.41) is 12.8. The molecule has 0 bridgehead atoms. The van der Waals surface area contributed by atoms with E-state index in [1.54, 1.807) is 10.7 Å². The van der Waals surface area contributed by atoms with Crippen molar-refractivity contribution in [3.8, 4) is 0 Å². The van der Waals surface area contributed by atoms with Gasteiger partial charge in [-0.2, -0.15) is 0 Å². The van der Waals surface area contributed by atoms with E-state index in [2.05, 4.69) is 5.10 Å². The van der Waals surface area contributed by atoms with E-state index in [0.717, 1.165) is 31.4 Å². The van der Waals surface area contributed by atoms with Crippen molar-refractivity contribution in [2.75, 3.05) is 0 Å². The summed E-state index contributed by atoms with van der Waals surface area (Å²) in [6.07, 6.45) is 3.47. The fourth-order valence-corrected chi connectivity index (χ4v) is 2.17. The van der Waals surface area contributed by atoms with Crippen molar-refractivity contribution >= 4 is 0 Å². The molecular formula is C10H16N2O2. The van der Waals surface area contributed by atoms with Crippen molar-refractivity contribution in [2.45, 2.75) is 44.8 Å². The van der Waals surface area contributed by atoms with Crippen molar-refractivity contribution < 1.29 is 5.11 Å². The number of aromatic nitrogens is 2. The lowest BCUT2D eigenvalue weighted by atomic mass is 9.93. The zero-order valence-electron chi connectivity index (χ0n) is 8.36. The van der Waals surface area contributed by atoms with Crippen LogP contribution < -0.4 is 5.56 Å². The highest BCUT2D eigenvalue weighted by molar-refractivity contribution is 4.98. The van der Waals surface area contributed by atoms with Crippen molar-refractivity contribution in [2.24, 2.45) is 0 Å². The zero-order valence-corrected chi connectivity index (χ0v) is 8.36. The minimum Gasteiger partial charge on any atom is -0.391 e. The topological polar surface area (TPSA) is 58.0 Å². The lowest BCUT2D eigenvalue weighted by molar-refractivity contribution is 0.0677. The van der Waals surface area contributed by atoms with E-state index in [4.69, 9.17) is 0 Å². The van der Waals surface area contributed by atoms with Crippen LogP contribution in [-0.4, -0.2) is 21.0 Å². The molecule has 1 aliphatic rings. The third-order valence-electron chi connectivity index (χ3n) is 2.90. The first-order chi connectivity index (χ1) is 6.68. The molecule has 78 valence electrons. The number of aryl methyl sites for hydroxylation is 1. The molecule has 0 radical (unpaired) electrons. The lowest BCUT2D eigenvalue weighted by Gasteiger charge is -2.27. The summed E-state index contributed by atoms with van der Waals surface area (Å²) in [4.78, 5) is 11.5. The molecule has 0 amide bonds. The Hall–Kier alpha value is -1.03. The van der Waals surface area contributed by atoms with Crippen molar-refractivity contribution in [3.63, 3.8) is 0 Å². The van der Waals surface area contributed by atoms with Crippen LogP contribution in [0.4, 0.5) is 0 Å². The van der Waals surface area contributed by atoms with Crippen LogP contribution in [0.1, 0.15) is 37.4 Å². The Morgan fingerprint density at radius 1 is 1.50 bits per heavy atom. The molecule has 4 heteroatoms. The molecule has 1 aromatic heterocycles. The summed E-state index contributed by atoms with van der Waals surface area (Å²) in [5.74, 6) is 0. The Morgan fingerprint density at radius 2 is 2.21 bits per heavy atom. The Labute approximate surface area is 82.5 Å². The predicted molar refractivity (Wildman–Crippen MR) is 53.3 cm³/mol.